The Balaban J connectivity index is 1.97. The number of aromatic nitrogens is 2. The monoisotopic (exact) mass is 285 g/mol. The van der Waals surface area contributed by atoms with Crippen LogP contribution in [0.1, 0.15) is 50.4 Å². The van der Waals surface area contributed by atoms with Crippen LogP contribution in [0.25, 0.3) is 0 Å². The summed E-state index contributed by atoms with van der Waals surface area (Å²) in [5.74, 6) is 0.518. The summed E-state index contributed by atoms with van der Waals surface area (Å²) in [4.78, 5) is 0. The number of nitrogens with one attached hydrogen (secondary N) is 1. The second-order valence-corrected chi connectivity index (χ2v) is 6.90. The van der Waals surface area contributed by atoms with Gasteiger partial charge in [-0.15, -0.1) is 0 Å². The van der Waals surface area contributed by atoms with E-state index < -0.39 is 0 Å². The minimum Gasteiger partial charge on any atom is -0.311 e. The van der Waals surface area contributed by atoms with Gasteiger partial charge in [0.2, 0.25) is 0 Å². The number of hydrogen-bond acceptors (Lipinski definition) is 2. The van der Waals surface area contributed by atoms with Gasteiger partial charge in [0.1, 0.15) is 0 Å². The molecule has 0 amide bonds. The molecule has 2 aromatic rings. The first-order valence-corrected chi connectivity index (χ1v) is 7.67. The highest BCUT2D eigenvalue weighted by Gasteiger charge is 2.12. The zero-order chi connectivity index (χ0) is 15.5. The summed E-state index contributed by atoms with van der Waals surface area (Å²) in [5, 5.41) is 7.90. The van der Waals surface area contributed by atoms with E-state index >= 15 is 0 Å². The lowest BCUT2D eigenvalue weighted by Gasteiger charge is -2.23. The van der Waals surface area contributed by atoms with Crippen molar-refractivity contribution in [2.24, 2.45) is 0 Å². The molecule has 0 radical (unpaired) electrons. The fourth-order valence-corrected chi connectivity index (χ4v) is 2.27. The summed E-state index contributed by atoms with van der Waals surface area (Å²) < 4.78 is 2.03. The summed E-state index contributed by atoms with van der Waals surface area (Å²) in [6.07, 6.45) is 1.85. The maximum absolute atomic E-state index is 4.33. The molecule has 3 heteroatoms. The normalized spacial score (nSPS) is 13.4. The second-order valence-electron chi connectivity index (χ2n) is 6.90. The van der Waals surface area contributed by atoms with Gasteiger partial charge in [-0.1, -0.05) is 31.2 Å². The van der Waals surface area contributed by atoms with E-state index in [4.69, 9.17) is 0 Å². The van der Waals surface area contributed by atoms with E-state index in [-0.39, 0.29) is 5.54 Å². The van der Waals surface area contributed by atoms with Crippen molar-refractivity contribution in [2.45, 2.75) is 52.6 Å². The van der Waals surface area contributed by atoms with E-state index in [1.165, 1.54) is 16.8 Å². The summed E-state index contributed by atoms with van der Waals surface area (Å²) in [7, 11) is 0. The predicted molar refractivity (Wildman–Crippen MR) is 88.7 cm³/mol. The maximum Gasteiger partial charge on any atom is 0.0662 e. The van der Waals surface area contributed by atoms with Crippen molar-refractivity contribution in [2.75, 3.05) is 6.54 Å². The quantitative estimate of drug-likeness (QED) is 0.907. The van der Waals surface area contributed by atoms with Gasteiger partial charge >= 0.3 is 0 Å². The van der Waals surface area contributed by atoms with Crippen LogP contribution in [0.3, 0.4) is 0 Å². The molecule has 0 fully saturated rings. The highest BCUT2D eigenvalue weighted by atomic mass is 15.3. The van der Waals surface area contributed by atoms with Crippen molar-refractivity contribution >= 4 is 0 Å². The summed E-state index contributed by atoms with van der Waals surface area (Å²) in [5.41, 5.74) is 4.04. The van der Waals surface area contributed by atoms with Crippen molar-refractivity contribution in [1.29, 1.82) is 0 Å². The Morgan fingerprint density at radius 2 is 1.81 bits per heavy atom. The van der Waals surface area contributed by atoms with Crippen molar-refractivity contribution < 1.29 is 0 Å². The van der Waals surface area contributed by atoms with E-state index in [0.29, 0.717) is 5.92 Å². The van der Waals surface area contributed by atoms with Gasteiger partial charge in [0.15, 0.2) is 0 Å². The van der Waals surface area contributed by atoms with Crippen molar-refractivity contribution in [3.63, 3.8) is 0 Å². The molecule has 114 valence electrons. The summed E-state index contributed by atoms with van der Waals surface area (Å²) >= 11 is 0. The minimum absolute atomic E-state index is 0.172. The van der Waals surface area contributed by atoms with Crippen LogP contribution in [0.4, 0.5) is 0 Å². The van der Waals surface area contributed by atoms with Crippen LogP contribution in [0.5, 0.6) is 0 Å². The largest absolute Gasteiger partial charge is 0.311 e. The Hall–Kier alpha value is -1.61. The Morgan fingerprint density at radius 3 is 2.33 bits per heavy atom. The third-order valence-electron chi connectivity index (χ3n) is 3.75. The van der Waals surface area contributed by atoms with Gasteiger partial charge in [-0.05, 0) is 50.8 Å². The van der Waals surface area contributed by atoms with Crippen LogP contribution in [-0.4, -0.2) is 21.9 Å². The van der Waals surface area contributed by atoms with Gasteiger partial charge in [0.25, 0.3) is 0 Å². The topological polar surface area (TPSA) is 29.9 Å². The first kappa shape index (κ1) is 15.8. The van der Waals surface area contributed by atoms with Crippen molar-refractivity contribution in [3.8, 4) is 0 Å². The Kier molecular flexibility index (Phi) is 4.84. The molecule has 0 aliphatic heterocycles. The third-order valence-corrected chi connectivity index (χ3v) is 3.75. The molecule has 1 N–H and O–H groups in total. The van der Waals surface area contributed by atoms with Crippen molar-refractivity contribution in [3.05, 3.63) is 53.3 Å². The fourth-order valence-electron chi connectivity index (χ4n) is 2.27. The van der Waals surface area contributed by atoms with Gasteiger partial charge < -0.3 is 5.32 Å². The fraction of sp³-hybridized carbons (Fsp3) is 0.500. The molecule has 1 atom stereocenters. The first-order valence-electron chi connectivity index (χ1n) is 7.67. The standard InChI is InChI=1S/C18H27N3/c1-14(12-19-18(3,4)5)17-8-6-16(7-9-17)13-21-15(2)10-11-20-21/h6-11,14,19H,12-13H2,1-5H3. The molecule has 1 unspecified atom stereocenters. The molecular formula is C18H27N3. The van der Waals surface area contributed by atoms with Crippen LogP contribution in [0.15, 0.2) is 36.5 Å². The predicted octanol–water partition coefficient (Wildman–Crippen LogP) is 3.73. The van der Waals surface area contributed by atoms with Gasteiger partial charge in [-0.3, -0.25) is 4.68 Å². The number of hydrogen-bond donors (Lipinski definition) is 1. The van der Waals surface area contributed by atoms with E-state index in [2.05, 4.69) is 69.3 Å². The first-order chi connectivity index (χ1) is 9.85. The van der Waals surface area contributed by atoms with Crippen LogP contribution in [0, 0.1) is 6.92 Å². The summed E-state index contributed by atoms with van der Waals surface area (Å²) in [6, 6.07) is 10.9. The Bertz CT molecular complexity index is 561. The number of benzene rings is 1. The average molecular weight is 285 g/mol. The number of rotatable bonds is 5. The molecule has 0 bridgehead atoms. The van der Waals surface area contributed by atoms with Crippen molar-refractivity contribution in [1.82, 2.24) is 15.1 Å². The average Bonchev–Trinajstić information content (AvgIpc) is 2.82. The lowest BCUT2D eigenvalue weighted by Crippen LogP contribution is -2.38. The zero-order valence-electron chi connectivity index (χ0n) is 13.9. The Labute approximate surface area is 128 Å². The van der Waals surface area contributed by atoms with Crippen LogP contribution in [0.2, 0.25) is 0 Å². The molecule has 0 aliphatic carbocycles. The van der Waals surface area contributed by atoms with E-state index in [1.54, 1.807) is 0 Å². The molecule has 0 aliphatic rings. The summed E-state index contributed by atoms with van der Waals surface area (Å²) in [6.45, 7) is 12.8. The molecule has 1 aromatic heterocycles. The minimum atomic E-state index is 0.172. The second kappa shape index (κ2) is 6.44. The lowest BCUT2D eigenvalue weighted by molar-refractivity contribution is 0.412. The van der Waals surface area contributed by atoms with E-state index in [1.807, 2.05) is 16.9 Å². The third kappa shape index (κ3) is 4.71. The molecule has 1 aromatic carbocycles. The van der Waals surface area contributed by atoms with Gasteiger partial charge in [-0.2, -0.15) is 5.10 Å². The molecule has 1 heterocycles. The molecule has 0 saturated carbocycles. The van der Waals surface area contributed by atoms with Gasteiger partial charge in [0, 0.05) is 24.0 Å². The molecule has 2 rings (SSSR count). The number of nitrogens with zero attached hydrogens (tertiary/aromatic N) is 2. The molecule has 21 heavy (non-hydrogen) atoms. The molecule has 3 nitrogen and oxygen atoms in total. The number of aryl methyl sites for hydroxylation is 1. The van der Waals surface area contributed by atoms with Crippen LogP contribution >= 0.6 is 0 Å². The van der Waals surface area contributed by atoms with Gasteiger partial charge in [-0.25, -0.2) is 0 Å². The van der Waals surface area contributed by atoms with Crippen LogP contribution in [-0.2, 0) is 6.54 Å². The highest BCUT2D eigenvalue weighted by Crippen LogP contribution is 2.17. The molecule has 0 saturated heterocycles. The van der Waals surface area contributed by atoms with E-state index in [0.717, 1.165) is 13.1 Å². The van der Waals surface area contributed by atoms with Gasteiger partial charge in [0.05, 0.1) is 6.54 Å². The van der Waals surface area contributed by atoms with Crippen LogP contribution < -0.4 is 5.32 Å². The highest BCUT2D eigenvalue weighted by molar-refractivity contribution is 5.25. The SMILES string of the molecule is Cc1ccnn1Cc1ccc(C(C)CNC(C)(C)C)cc1. The maximum atomic E-state index is 4.33. The smallest absolute Gasteiger partial charge is 0.0662 e. The lowest BCUT2D eigenvalue weighted by atomic mass is 9.98. The van der Waals surface area contributed by atoms with E-state index in [9.17, 15) is 0 Å². The molecular weight excluding hydrogens is 258 g/mol. The zero-order valence-corrected chi connectivity index (χ0v) is 13.9. The Morgan fingerprint density at radius 1 is 1.14 bits per heavy atom. The molecule has 0 spiro atoms.